The van der Waals surface area contributed by atoms with E-state index in [1.807, 2.05) is 0 Å². The van der Waals surface area contributed by atoms with Gasteiger partial charge in [0.15, 0.2) is 39.6 Å². The number of thiazole rings is 1. The lowest BCUT2D eigenvalue weighted by Gasteiger charge is -2.28. The van der Waals surface area contributed by atoms with Crippen molar-refractivity contribution in [1.29, 1.82) is 0 Å². The smallest absolute Gasteiger partial charge is 0.230 e. The summed E-state index contributed by atoms with van der Waals surface area (Å²) in [6.45, 7) is 0.755. The number of phenolic OH excluding ortho intramolecular Hbond substituents is 8. The summed E-state index contributed by atoms with van der Waals surface area (Å²) in [5, 5.41) is 108. The lowest BCUT2D eigenvalue weighted by molar-refractivity contribution is -0.188. The first kappa shape index (κ1) is 30.1. The van der Waals surface area contributed by atoms with E-state index in [0.29, 0.717) is 0 Å². The predicted octanol–water partition coefficient (Wildman–Crippen LogP) is 0.0179. The van der Waals surface area contributed by atoms with Crippen molar-refractivity contribution in [3.8, 4) is 46.0 Å². The Morgan fingerprint density at radius 1 is 0.975 bits per heavy atom. The molecule has 1 atom stereocenters. The zero-order chi connectivity index (χ0) is 30.1. The molecule has 0 aliphatic heterocycles. The molecule has 0 saturated heterocycles. The lowest BCUT2D eigenvalue weighted by Crippen LogP contribution is -2.48. The molecule has 0 bridgehead atoms. The summed E-state index contributed by atoms with van der Waals surface area (Å²) < 4.78 is 5.20. The monoisotopic (exact) mass is 584 g/mol. The maximum Gasteiger partial charge on any atom is 0.230 e. The molecule has 1 heterocycles. The van der Waals surface area contributed by atoms with Gasteiger partial charge in [0, 0.05) is 36.6 Å². The van der Waals surface area contributed by atoms with Gasteiger partial charge in [0.1, 0.15) is 5.69 Å². The van der Waals surface area contributed by atoms with E-state index in [0.717, 1.165) is 18.4 Å². The number of anilines is 2. The van der Waals surface area contributed by atoms with Gasteiger partial charge in [-0.3, -0.25) is 10.1 Å². The highest BCUT2D eigenvalue weighted by molar-refractivity contribution is 7.13. The molecule has 3 aromatic rings. The number of nitrogens with zero attached hydrogens (tertiary/aromatic N) is 1. The van der Waals surface area contributed by atoms with Crippen LogP contribution in [0.5, 0.6) is 46.0 Å². The Labute approximate surface area is 229 Å². The van der Waals surface area contributed by atoms with Gasteiger partial charge in [-0.05, 0) is 6.92 Å². The summed E-state index contributed by atoms with van der Waals surface area (Å²) in [5.41, 5.74) is 4.01. The molecular weight excluding hydrogens is 556 g/mol. The fraction of sp³-hybridized carbons (Fsp3) is 0.304. The van der Waals surface area contributed by atoms with Gasteiger partial charge >= 0.3 is 0 Å². The molecule has 0 fully saturated rings. The van der Waals surface area contributed by atoms with E-state index >= 15 is 0 Å². The number of nitrogens with one attached hydrogen (secondary N) is 2. The summed E-state index contributed by atoms with van der Waals surface area (Å²) in [6, 6.07) is 0. The highest BCUT2D eigenvalue weighted by Gasteiger charge is 2.34. The maximum absolute atomic E-state index is 12.3. The minimum absolute atomic E-state index is 0.0936. The number of methoxy groups -OCH3 is 1. The Bertz CT molecular complexity index is 1380. The zero-order valence-corrected chi connectivity index (χ0v) is 21.8. The number of nitrogens with two attached hydrogens (primary N) is 1. The van der Waals surface area contributed by atoms with E-state index in [4.69, 9.17) is 10.5 Å². The number of nitrogen functional groups attached to an aromatic ring is 1. The molecule has 2 aromatic carbocycles. The van der Waals surface area contributed by atoms with Crippen molar-refractivity contribution in [2.24, 2.45) is 0 Å². The molecule has 1 aromatic heterocycles. The number of amides is 1. The van der Waals surface area contributed by atoms with E-state index in [1.54, 1.807) is 0 Å². The summed E-state index contributed by atoms with van der Waals surface area (Å²) in [7, 11) is 1.16. The Kier molecular flexibility index (Phi) is 8.56. The quantitative estimate of drug-likeness (QED) is 0.0849. The molecule has 0 aliphatic rings. The topological polar surface area (TPSA) is 292 Å². The van der Waals surface area contributed by atoms with Gasteiger partial charge in [-0.25, -0.2) is 4.98 Å². The highest BCUT2D eigenvalue weighted by Crippen LogP contribution is 2.51. The van der Waals surface area contributed by atoms with Crippen molar-refractivity contribution in [1.82, 2.24) is 10.3 Å². The summed E-state index contributed by atoms with van der Waals surface area (Å²) in [5.74, 6) is -11.7. The first-order valence-corrected chi connectivity index (χ1v) is 12.1. The first-order valence-electron chi connectivity index (χ1n) is 11.3. The lowest BCUT2D eigenvalue weighted by atomic mass is 9.98. The molecule has 17 heteroatoms. The predicted molar refractivity (Wildman–Crippen MR) is 138 cm³/mol. The number of ether oxygens (including phenoxy) is 1. The number of aromatic nitrogens is 1. The maximum atomic E-state index is 12.3. The SMILES string of the molecule is COC(CNC(O)(O)Cc1c(O)c(O)c(NC(=O)Cc2csc(N)n2)c(O)c1O)c1c(C)c(O)c(O)c(O)c1O. The van der Waals surface area contributed by atoms with Crippen LogP contribution in [-0.2, 0) is 22.4 Å². The fourth-order valence-electron chi connectivity index (χ4n) is 3.88. The molecule has 14 N–H and O–H groups in total. The Morgan fingerprint density at radius 2 is 1.55 bits per heavy atom. The molecule has 1 amide bonds. The number of hydrogen-bond donors (Lipinski definition) is 13. The third-order valence-electron chi connectivity index (χ3n) is 5.96. The van der Waals surface area contributed by atoms with Crippen molar-refractivity contribution < 1.29 is 60.6 Å². The number of carbonyl (C=O) groups excluding carboxylic acids is 1. The third kappa shape index (κ3) is 5.92. The van der Waals surface area contributed by atoms with Crippen molar-refractivity contribution in [2.45, 2.75) is 31.8 Å². The molecule has 0 spiro atoms. The minimum atomic E-state index is -2.97. The average molecular weight is 585 g/mol. The number of benzene rings is 2. The van der Waals surface area contributed by atoms with Gasteiger partial charge in [-0.15, -0.1) is 11.3 Å². The number of phenols is 8. The molecule has 16 nitrogen and oxygen atoms in total. The molecule has 0 radical (unpaired) electrons. The Balaban J connectivity index is 1.81. The van der Waals surface area contributed by atoms with Crippen molar-refractivity contribution in [3.05, 3.63) is 27.8 Å². The van der Waals surface area contributed by atoms with Crippen LogP contribution in [0.15, 0.2) is 5.38 Å². The minimum Gasteiger partial charge on any atom is -0.504 e. The summed E-state index contributed by atoms with van der Waals surface area (Å²) in [4.78, 5) is 16.2. The van der Waals surface area contributed by atoms with Crippen LogP contribution in [0.1, 0.15) is 28.5 Å². The van der Waals surface area contributed by atoms with Gasteiger partial charge < -0.3 is 66.9 Å². The van der Waals surface area contributed by atoms with Crippen LogP contribution in [0, 0.1) is 6.92 Å². The number of aromatic hydroxyl groups is 8. The van der Waals surface area contributed by atoms with Crippen LogP contribution in [0.25, 0.3) is 0 Å². The number of aliphatic hydroxyl groups is 2. The third-order valence-corrected chi connectivity index (χ3v) is 6.68. The number of hydrogen-bond acceptors (Lipinski definition) is 16. The second-order valence-corrected chi connectivity index (χ2v) is 9.57. The van der Waals surface area contributed by atoms with Crippen LogP contribution >= 0.6 is 11.3 Å². The van der Waals surface area contributed by atoms with Crippen LogP contribution < -0.4 is 16.4 Å². The van der Waals surface area contributed by atoms with Gasteiger partial charge in [-0.2, -0.15) is 0 Å². The molecule has 0 saturated carbocycles. The molecular formula is C23H28N4O12S. The standard InChI is InChI=1S/C23H28N4O12S/c1-7-12(17(32)21(36)20(35)14(7)29)10(39-2)5-25-23(37,38)4-9-15(30)18(33)13(19(34)16(9)31)27-11(28)3-8-6-40-22(24)26-8/h6,10,25,29-38H,3-5H2,1-2H3,(H2,24,26)(H,27,28). The van der Waals surface area contributed by atoms with Crippen LogP contribution in [0.2, 0.25) is 0 Å². The zero-order valence-electron chi connectivity index (χ0n) is 21.0. The van der Waals surface area contributed by atoms with E-state index in [9.17, 15) is 55.9 Å². The van der Waals surface area contributed by atoms with E-state index in [2.05, 4.69) is 15.6 Å². The van der Waals surface area contributed by atoms with Crippen molar-refractivity contribution in [2.75, 3.05) is 24.7 Å². The second-order valence-electron chi connectivity index (χ2n) is 8.68. The normalized spacial score (nSPS) is 12.4. The van der Waals surface area contributed by atoms with Crippen LogP contribution in [0.4, 0.5) is 10.8 Å². The largest absolute Gasteiger partial charge is 0.504 e. The fourth-order valence-corrected chi connectivity index (χ4v) is 4.44. The Hall–Kier alpha value is -4.42. The highest BCUT2D eigenvalue weighted by atomic mass is 32.1. The first-order chi connectivity index (χ1) is 18.6. The number of carbonyl (C=O) groups is 1. The van der Waals surface area contributed by atoms with E-state index in [-0.39, 0.29) is 28.4 Å². The van der Waals surface area contributed by atoms with Crippen molar-refractivity contribution in [3.63, 3.8) is 0 Å². The van der Waals surface area contributed by atoms with Gasteiger partial charge in [0.05, 0.1) is 23.8 Å². The molecule has 1 unspecified atom stereocenters. The van der Waals surface area contributed by atoms with E-state index in [1.165, 1.54) is 12.3 Å². The van der Waals surface area contributed by atoms with Crippen LogP contribution in [0.3, 0.4) is 0 Å². The summed E-state index contributed by atoms with van der Waals surface area (Å²) in [6.07, 6.45) is -2.63. The molecule has 218 valence electrons. The van der Waals surface area contributed by atoms with Gasteiger partial charge in [-0.1, -0.05) is 0 Å². The average Bonchev–Trinajstić information content (AvgIpc) is 3.31. The molecule has 0 aliphatic carbocycles. The van der Waals surface area contributed by atoms with Gasteiger partial charge in [0.2, 0.25) is 23.3 Å². The van der Waals surface area contributed by atoms with Crippen LogP contribution in [-0.4, -0.2) is 81.5 Å². The Morgan fingerprint density at radius 3 is 2.08 bits per heavy atom. The van der Waals surface area contributed by atoms with E-state index < -0.39 is 88.1 Å². The van der Waals surface area contributed by atoms with Gasteiger partial charge in [0.25, 0.3) is 0 Å². The second kappa shape index (κ2) is 11.4. The number of rotatable bonds is 10. The van der Waals surface area contributed by atoms with Crippen molar-refractivity contribution >= 4 is 28.1 Å². The summed E-state index contributed by atoms with van der Waals surface area (Å²) >= 11 is 1.08. The molecule has 3 rings (SSSR count). The molecule has 40 heavy (non-hydrogen) atoms.